The second-order valence-corrected chi connectivity index (χ2v) is 5.30. The fourth-order valence-corrected chi connectivity index (χ4v) is 2.53. The average Bonchev–Trinajstić information content (AvgIpc) is 2.26. The molecule has 0 fully saturated rings. The summed E-state index contributed by atoms with van der Waals surface area (Å²) in [5.41, 5.74) is 0.292. The van der Waals surface area contributed by atoms with Crippen LogP contribution in [-0.2, 0) is 6.42 Å². The van der Waals surface area contributed by atoms with Crippen LogP contribution in [0.25, 0.3) is 0 Å². The van der Waals surface area contributed by atoms with E-state index in [2.05, 4.69) is 15.9 Å². The standard InChI is InChI=1S/C14H8BrClF2O/c15-9-4-8(5-10(17)7-9)6-13(19)14-11(16)2-1-3-12(14)18/h1-5,7H,6H2. The highest BCUT2D eigenvalue weighted by Gasteiger charge is 2.16. The first-order chi connectivity index (χ1) is 8.97. The number of ketones is 1. The summed E-state index contributed by atoms with van der Waals surface area (Å²) in [6.07, 6.45) is -0.114. The summed E-state index contributed by atoms with van der Waals surface area (Å²) in [6, 6.07) is 8.16. The predicted molar refractivity (Wildman–Crippen MR) is 73.5 cm³/mol. The van der Waals surface area contributed by atoms with E-state index in [1.165, 1.54) is 30.3 Å². The fourth-order valence-electron chi connectivity index (χ4n) is 1.75. The summed E-state index contributed by atoms with van der Waals surface area (Å²) in [6.45, 7) is 0. The third kappa shape index (κ3) is 3.39. The van der Waals surface area contributed by atoms with E-state index in [0.717, 1.165) is 0 Å². The number of carbonyl (C=O) groups is 1. The van der Waals surface area contributed by atoms with Gasteiger partial charge in [0.2, 0.25) is 0 Å². The SMILES string of the molecule is O=C(Cc1cc(F)cc(Br)c1)c1c(F)cccc1Cl. The third-order valence-electron chi connectivity index (χ3n) is 2.53. The fraction of sp³-hybridized carbons (Fsp3) is 0.0714. The lowest BCUT2D eigenvalue weighted by atomic mass is 10.0. The molecule has 0 aliphatic rings. The monoisotopic (exact) mass is 344 g/mol. The molecule has 2 aromatic rings. The minimum absolute atomic E-state index is 0.0560. The van der Waals surface area contributed by atoms with Crippen molar-refractivity contribution >= 4 is 33.3 Å². The number of hydrogen-bond acceptors (Lipinski definition) is 1. The van der Waals surface area contributed by atoms with E-state index in [0.29, 0.717) is 10.0 Å². The zero-order valence-electron chi connectivity index (χ0n) is 9.59. The van der Waals surface area contributed by atoms with Crippen LogP contribution in [0.15, 0.2) is 40.9 Å². The van der Waals surface area contributed by atoms with Crippen molar-refractivity contribution in [3.63, 3.8) is 0 Å². The molecule has 0 aliphatic heterocycles. The number of halogens is 4. The van der Waals surface area contributed by atoms with Gasteiger partial charge in [-0.3, -0.25) is 4.79 Å². The molecular formula is C14H8BrClF2O. The molecule has 0 saturated carbocycles. The Morgan fingerprint density at radius 1 is 1.21 bits per heavy atom. The van der Waals surface area contributed by atoms with Gasteiger partial charge in [-0.25, -0.2) is 8.78 Å². The molecular weight excluding hydrogens is 338 g/mol. The summed E-state index contributed by atoms with van der Waals surface area (Å²) in [5.74, 6) is -1.62. The van der Waals surface area contributed by atoms with Crippen molar-refractivity contribution in [1.82, 2.24) is 0 Å². The molecule has 2 aromatic carbocycles. The Morgan fingerprint density at radius 2 is 1.95 bits per heavy atom. The summed E-state index contributed by atoms with van der Waals surface area (Å²) in [4.78, 5) is 12.0. The second-order valence-electron chi connectivity index (χ2n) is 3.97. The van der Waals surface area contributed by atoms with Gasteiger partial charge in [-0.1, -0.05) is 33.6 Å². The maximum atomic E-state index is 13.6. The normalized spacial score (nSPS) is 10.5. The average molecular weight is 346 g/mol. The van der Waals surface area contributed by atoms with Crippen LogP contribution in [0, 0.1) is 11.6 Å². The molecule has 0 atom stereocenters. The Bertz CT molecular complexity index is 603. The van der Waals surface area contributed by atoms with Crippen LogP contribution in [0.1, 0.15) is 15.9 Å². The molecule has 0 amide bonds. The van der Waals surface area contributed by atoms with Gasteiger partial charge >= 0.3 is 0 Å². The molecule has 0 spiro atoms. The highest BCUT2D eigenvalue weighted by Crippen LogP contribution is 2.22. The number of Topliss-reactive ketones (excluding diaryl/α,β-unsaturated/α-hetero) is 1. The summed E-state index contributed by atoms with van der Waals surface area (Å²) in [5, 5.41) is 0.0560. The van der Waals surface area contributed by atoms with Crippen molar-refractivity contribution in [2.75, 3.05) is 0 Å². The van der Waals surface area contributed by atoms with Crippen molar-refractivity contribution in [2.45, 2.75) is 6.42 Å². The maximum Gasteiger partial charge on any atom is 0.171 e. The van der Waals surface area contributed by atoms with Gasteiger partial charge in [0, 0.05) is 10.9 Å². The van der Waals surface area contributed by atoms with Crippen molar-refractivity contribution in [2.24, 2.45) is 0 Å². The molecule has 98 valence electrons. The summed E-state index contributed by atoms with van der Waals surface area (Å²) in [7, 11) is 0. The quantitative estimate of drug-likeness (QED) is 0.730. The van der Waals surface area contributed by atoms with Gasteiger partial charge < -0.3 is 0 Å². The molecule has 5 heteroatoms. The van der Waals surface area contributed by atoms with Crippen LogP contribution >= 0.6 is 27.5 Å². The van der Waals surface area contributed by atoms with E-state index in [-0.39, 0.29) is 17.0 Å². The number of hydrogen-bond donors (Lipinski definition) is 0. The number of rotatable bonds is 3. The van der Waals surface area contributed by atoms with Gasteiger partial charge in [-0.15, -0.1) is 0 Å². The van der Waals surface area contributed by atoms with Gasteiger partial charge in [0.25, 0.3) is 0 Å². The molecule has 2 rings (SSSR count). The van der Waals surface area contributed by atoms with Crippen LogP contribution in [0.2, 0.25) is 5.02 Å². The molecule has 0 saturated heterocycles. The van der Waals surface area contributed by atoms with E-state index in [9.17, 15) is 13.6 Å². The Morgan fingerprint density at radius 3 is 2.58 bits per heavy atom. The van der Waals surface area contributed by atoms with E-state index in [1.807, 2.05) is 0 Å². The van der Waals surface area contributed by atoms with Gasteiger partial charge in [0.15, 0.2) is 5.78 Å². The maximum absolute atomic E-state index is 13.6. The van der Waals surface area contributed by atoms with Crippen molar-refractivity contribution in [3.05, 3.63) is 68.7 Å². The minimum Gasteiger partial charge on any atom is -0.294 e. The first-order valence-electron chi connectivity index (χ1n) is 5.39. The highest BCUT2D eigenvalue weighted by molar-refractivity contribution is 9.10. The van der Waals surface area contributed by atoms with Crippen LogP contribution in [0.4, 0.5) is 8.78 Å². The third-order valence-corrected chi connectivity index (χ3v) is 3.30. The van der Waals surface area contributed by atoms with Gasteiger partial charge in [-0.05, 0) is 35.9 Å². The Kier molecular flexibility index (Phi) is 4.32. The molecule has 0 N–H and O–H groups in total. The molecule has 1 nitrogen and oxygen atoms in total. The zero-order chi connectivity index (χ0) is 14.0. The lowest BCUT2D eigenvalue weighted by Crippen LogP contribution is -2.07. The number of carbonyl (C=O) groups excluding carboxylic acids is 1. The first-order valence-corrected chi connectivity index (χ1v) is 6.56. The van der Waals surface area contributed by atoms with Crippen molar-refractivity contribution in [1.29, 1.82) is 0 Å². The van der Waals surface area contributed by atoms with Crippen LogP contribution in [-0.4, -0.2) is 5.78 Å². The molecule has 0 unspecified atom stereocenters. The van der Waals surface area contributed by atoms with E-state index < -0.39 is 17.4 Å². The first kappa shape index (κ1) is 14.2. The summed E-state index contributed by atoms with van der Waals surface area (Å²) < 4.78 is 27.3. The van der Waals surface area contributed by atoms with Crippen LogP contribution < -0.4 is 0 Å². The minimum atomic E-state index is -0.673. The molecule has 0 radical (unpaired) electrons. The largest absolute Gasteiger partial charge is 0.294 e. The summed E-state index contributed by atoms with van der Waals surface area (Å²) >= 11 is 8.95. The molecule has 0 heterocycles. The Balaban J connectivity index is 2.31. The van der Waals surface area contributed by atoms with Gasteiger partial charge in [-0.2, -0.15) is 0 Å². The Hall–Kier alpha value is -1.26. The predicted octanol–water partition coefficient (Wildman–Crippen LogP) is 4.81. The van der Waals surface area contributed by atoms with Crippen molar-refractivity contribution in [3.8, 4) is 0 Å². The van der Waals surface area contributed by atoms with Crippen LogP contribution in [0.5, 0.6) is 0 Å². The highest BCUT2D eigenvalue weighted by atomic mass is 79.9. The zero-order valence-corrected chi connectivity index (χ0v) is 11.9. The number of benzene rings is 2. The van der Waals surface area contributed by atoms with Gasteiger partial charge in [0.1, 0.15) is 11.6 Å². The van der Waals surface area contributed by atoms with E-state index >= 15 is 0 Å². The molecule has 0 aliphatic carbocycles. The lowest BCUT2D eigenvalue weighted by molar-refractivity contribution is 0.0989. The van der Waals surface area contributed by atoms with Gasteiger partial charge in [0.05, 0.1) is 10.6 Å². The van der Waals surface area contributed by atoms with Crippen molar-refractivity contribution < 1.29 is 13.6 Å². The van der Waals surface area contributed by atoms with Crippen LogP contribution in [0.3, 0.4) is 0 Å². The Labute approximate surface area is 122 Å². The molecule has 0 bridgehead atoms. The second kappa shape index (κ2) is 5.80. The molecule has 19 heavy (non-hydrogen) atoms. The lowest BCUT2D eigenvalue weighted by Gasteiger charge is -2.06. The van der Waals surface area contributed by atoms with E-state index in [4.69, 9.17) is 11.6 Å². The smallest absolute Gasteiger partial charge is 0.171 e. The topological polar surface area (TPSA) is 17.1 Å². The molecule has 0 aromatic heterocycles. The van der Waals surface area contributed by atoms with E-state index in [1.54, 1.807) is 6.07 Å².